The molecule has 2 unspecified atom stereocenters. The molecule has 0 saturated carbocycles. The number of carbonyl (C=O) groups is 1. The van der Waals surface area contributed by atoms with E-state index in [1.54, 1.807) is 12.3 Å². The van der Waals surface area contributed by atoms with Gasteiger partial charge in [-0.2, -0.15) is 13.2 Å². The Bertz CT molecular complexity index is 1010. The standard InChI is InChI=1S/C22H24F3N3O/c1-4-14(2)27-21(29)12-18(16-8-6-9-17(11-16)22(23,24)25)19-13-26-20-10-5-7-15(3)28(19)20/h5-11,13-14,18H,4,12H2,1-3H3,(H,27,29). The molecule has 0 radical (unpaired) electrons. The van der Waals surface area contributed by atoms with Crippen molar-refractivity contribution in [3.05, 3.63) is 71.2 Å². The summed E-state index contributed by atoms with van der Waals surface area (Å²) in [4.78, 5) is 17.0. The van der Waals surface area contributed by atoms with Crippen molar-refractivity contribution in [1.29, 1.82) is 0 Å². The maximum absolute atomic E-state index is 13.3. The molecule has 0 spiro atoms. The third kappa shape index (κ3) is 4.60. The van der Waals surface area contributed by atoms with E-state index in [0.717, 1.165) is 24.2 Å². The van der Waals surface area contributed by atoms with Crippen LogP contribution in [0.25, 0.3) is 5.65 Å². The van der Waals surface area contributed by atoms with Gasteiger partial charge in [0.15, 0.2) is 0 Å². The lowest BCUT2D eigenvalue weighted by molar-refractivity contribution is -0.137. The van der Waals surface area contributed by atoms with Gasteiger partial charge in [-0.05, 0) is 44.0 Å². The summed E-state index contributed by atoms with van der Waals surface area (Å²) in [5.41, 5.74) is 1.99. The van der Waals surface area contributed by atoms with Gasteiger partial charge >= 0.3 is 6.18 Å². The summed E-state index contributed by atoms with van der Waals surface area (Å²) < 4.78 is 41.7. The van der Waals surface area contributed by atoms with Crippen LogP contribution in [0, 0.1) is 6.92 Å². The fourth-order valence-corrected chi connectivity index (χ4v) is 3.42. The van der Waals surface area contributed by atoms with Gasteiger partial charge in [0.25, 0.3) is 0 Å². The third-order valence-electron chi connectivity index (χ3n) is 5.13. The Morgan fingerprint density at radius 3 is 2.62 bits per heavy atom. The van der Waals surface area contributed by atoms with Crippen LogP contribution < -0.4 is 5.32 Å². The number of hydrogen-bond acceptors (Lipinski definition) is 2. The molecule has 0 saturated heterocycles. The van der Waals surface area contributed by atoms with Crippen molar-refractivity contribution < 1.29 is 18.0 Å². The van der Waals surface area contributed by atoms with E-state index in [2.05, 4.69) is 10.3 Å². The SMILES string of the molecule is CCC(C)NC(=O)CC(c1cccc(C(F)(F)F)c1)c1cnc2cccc(C)n12. The number of aromatic nitrogens is 2. The highest BCUT2D eigenvalue weighted by Crippen LogP contribution is 2.34. The molecule has 0 aliphatic rings. The molecule has 4 nitrogen and oxygen atoms in total. The molecule has 7 heteroatoms. The summed E-state index contributed by atoms with van der Waals surface area (Å²) >= 11 is 0. The van der Waals surface area contributed by atoms with E-state index < -0.39 is 17.7 Å². The monoisotopic (exact) mass is 403 g/mol. The number of rotatable bonds is 6. The van der Waals surface area contributed by atoms with Gasteiger partial charge in [-0.1, -0.05) is 31.2 Å². The summed E-state index contributed by atoms with van der Waals surface area (Å²) in [6, 6.07) is 10.8. The van der Waals surface area contributed by atoms with Gasteiger partial charge in [-0.15, -0.1) is 0 Å². The van der Waals surface area contributed by atoms with Crippen LogP contribution in [-0.2, 0) is 11.0 Å². The maximum atomic E-state index is 13.3. The van der Waals surface area contributed by atoms with Crippen molar-refractivity contribution in [3.8, 4) is 0 Å². The number of alkyl halides is 3. The molecule has 2 atom stereocenters. The smallest absolute Gasteiger partial charge is 0.354 e. The van der Waals surface area contributed by atoms with Crippen molar-refractivity contribution in [2.45, 2.75) is 51.7 Å². The number of aryl methyl sites for hydroxylation is 1. The number of carbonyl (C=O) groups excluding carboxylic acids is 1. The number of fused-ring (bicyclic) bond motifs is 1. The van der Waals surface area contributed by atoms with Gasteiger partial charge in [0.1, 0.15) is 5.65 Å². The normalized spacial score (nSPS) is 14.0. The van der Waals surface area contributed by atoms with Crippen molar-refractivity contribution in [3.63, 3.8) is 0 Å². The van der Waals surface area contributed by atoms with Gasteiger partial charge in [-0.25, -0.2) is 4.98 Å². The first kappa shape index (κ1) is 20.9. The Labute approximate surface area is 167 Å². The highest BCUT2D eigenvalue weighted by atomic mass is 19.4. The second-order valence-corrected chi connectivity index (χ2v) is 7.30. The molecule has 3 rings (SSSR count). The Morgan fingerprint density at radius 2 is 1.93 bits per heavy atom. The molecule has 0 aliphatic carbocycles. The number of nitrogens with one attached hydrogen (secondary N) is 1. The van der Waals surface area contributed by atoms with Gasteiger partial charge < -0.3 is 9.72 Å². The first-order chi connectivity index (χ1) is 13.7. The lowest BCUT2D eigenvalue weighted by Gasteiger charge is -2.20. The summed E-state index contributed by atoms with van der Waals surface area (Å²) in [5, 5.41) is 2.91. The minimum Gasteiger partial charge on any atom is -0.354 e. The van der Waals surface area contributed by atoms with E-state index in [4.69, 9.17) is 0 Å². The molecule has 154 valence electrons. The van der Waals surface area contributed by atoms with E-state index in [0.29, 0.717) is 16.9 Å². The van der Waals surface area contributed by atoms with E-state index in [1.165, 1.54) is 6.07 Å². The number of amides is 1. The highest BCUT2D eigenvalue weighted by Gasteiger charge is 2.32. The topological polar surface area (TPSA) is 46.4 Å². The number of pyridine rings is 1. The van der Waals surface area contributed by atoms with Gasteiger partial charge in [-0.3, -0.25) is 4.79 Å². The van der Waals surface area contributed by atoms with Crippen LogP contribution in [0.1, 0.15) is 55.1 Å². The Kier molecular flexibility index (Phi) is 5.96. The third-order valence-corrected chi connectivity index (χ3v) is 5.13. The van der Waals surface area contributed by atoms with E-state index in [-0.39, 0.29) is 18.4 Å². The Balaban J connectivity index is 2.08. The minimum absolute atomic E-state index is 0.00594. The first-order valence-electron chi connectivity index (χ1n) is 9.60. The molecule has 0 fully saturated rings. The van der Waals surface area contributed by atoms with E-state index >= 15 is 0 Å². The van der Waals surface area contributed by atoms with Crippen LogP contribution in [0.2, 0.25) is 0 Å². The van der Waals surface area contributed by atoms with E-state index in [1.807, 2.05) is 43.4 Å². The van der Waals surface area contributed by atoms with Crippen LogP contribution in [-0.4, -0.2) is 21.3 Å². The van der Waals surface area contributed by atoms with Crippen LogP contribution in [0.5, 0.6) is 0 Å². The second-order valence-electron chi connectivity index (χ2n) is 7.30. The summed E-state index contributed by atoms with van der Waals surface area (Å²) in [7, 11) is 0. The summed E-state index contributed by atoms with van der Waals surface area (Å²) in [6.07, 6.45) is -2.00. The average molecular weight is 403 g/mol. The molecule has 1 aromatic carbocycles. The maximum Gasteiger partial charge on any atom is 0.416 e. The van der Waals surface area contributed by atoms with Gasteiger partial charge in [0, 0.05) is 30.3 Å². The Morgan fingerprint density at radius 1 is 1.21 bits per heavy atom. The molecular formula is C22H24F3N3O. The van der Waals surface area contributed by atoms with Crippen LogP contribution in [0.3, 0.4) is 0 Å². The van der Waals surface area contributed by atoms with Gasteiger partial charge in [0.2, 0.25) is 5.91 Å². The molecule has 1 N–H and O–H groups in total. The molecular weight excluding hydrogens is 379 g/mol. The lowest BCUT2D eigenvalue weighted by atomic mass is 9.90. The number of nitrogens with zero attached hydrogens (tertiary/aromatic N) is 2. The van der Waals surface area contributed by atoms with Crippen LogP contribution in [0.4, 0.5) is 13.2 Å². The minimum atomic E-state index is -4.45. The zero-order valence-electron chi connectivity index (χ0n) is 16.6. The second kappa shape index (κ2) is 8.27. The van der Waals surface area contributed by atoms with Crippen LogP contribution >= 0.6 is 0 Å². The Hall–Kier alpha value is -2.83. The molecule has 3 aromatic rings. The molecule has 0 bridgehead atoms. The summed E-state index contributed by atoms with van der Waals surface area (Å²) in [5.74, 6) is -0.761. The first-order valence-corrected chi connectivity index (χ1v) is 9.60. The summed E-state index contributed by atoms with van der Waals surface area (Å²) in [6.45, 7) is 5.76. The van der Waals surface area contributed by atoms with Crippen molar-refractivity contribution in [1.82, 2.24) is 14.7 Å². The van der Waals surface area contributed by atoms with Crippen molar-refractivity contribution >= 4 is 11.6 Å². The fraction of sp³-hybridized carbons (Fsp3) is 0.364. The van der Waals surface area contributed by atoms with Crippen molar-refractivity contribution in [2.75, 3.05) is 0 Å². The number of imidazole rings is 1. The number of halogens is 3. The highest BCUT2D eigenvalue weighted by molar-refractivity contribution is 5.77. The largest absolute Gasteiger partial charge is 0.416 e. The molecule has 0 aliphatic heterocycles. The van der Waals surface area contributed by atoms with Gasteiger partial charge in [0.05, 0.1) is 11.3 Å². The molecule has 29 heavy (non-hydrogen) atoms. The quantitative estimate of drug-likeness (QED) is 0.623. The average Bonchev–Trinajstić information content (AvgIpc) is 3.10. The predicted octanol–water partition coefficient (Wildman–Crippen LogP) is 5.10. The predicted molar refractivity (Wildman–Crippen MR) is 106 cm³/mol. The zero-order valence-corrected chi connectivity index (χ0v) is 16.6. The lowest BCUT2D eigenvalue weighted by Crippen LogP contribution is -2.33. The zero-order chi connectivity index (χ0) is 21.2. The van der Waals surface area contributed by atoms with Crippen molar-refractivity contribution in [2.24, 2.45) is 0 Å². The number of benzene rings is 1. The van der Waals surface area contributed by atoms with E-state index in [9.17, 15) is 18.0 Å². The molecule has 1 amide bonds. The fourth-order valence-electron chi connectivity index (χ4n) is 3.42. The molecule has 2 aromatic heterocycles. The van der Waals surface area contributed by atoms with Crippen LogP contribution in [0.15, 0.2) is 48.7 Å². The molecule has 2 heterocycles. The number of hydrogen-bond donors (Lipinski definition) is 1.